The van der Waals surface area contributed by atoms with E-state index in [1.54, 1.807) is 0 Å². The first-order valence-corrected chi connectivity index (χ1v) is 6.42. The molecular weight excluding hydrogens is 324 g/mol. The van der Waals surface area contributed by atoms with Gasteiger partial charge in [0.2, 0.25) is 0 Å². The average Bonchev–Trinajstić information content (AvgIpc) is 2.36. The summed E-state index contributed by atoms with van der Waals surface area (Å²) in [5.74, 6) is -3.00. The minimum Gasteiger partial charge on any atom is -0.207 e. The molecule has 1 atom stereocenters. The summed E-state index contributed by atoms with van der Waals surface area (Å²) < 4.78 is 52.4. The first kappa shape index (κ1) is 14.1. The van der Waals surface area contributed by atoms with E-state index in [0.29, 0.717) is 5.56 Å². The van der Waals surface area contributed by atoms with Crippen LogP contribution in [0.3, 0.4) is 0 Å². The predicted molar refractivity (Wildman–Crippen MR) is 68.1 cm³/mol. The second-order valence-electron chi connectivity index (χ2n) is 4.09. The van der Waals surface area contributed by atoms with Crippen molar-refractivity contribution in [3.05, 3.63) is 70.8 Å². The average molecular weight is 333 g/mol. The Morgan fingerprint density at radius 3 is 2.21 bits per heavy atom. The van der Waals surface area contributed by atoms with Gasteiger partial charge in [-0.15, -0.1) is 0 Å². The minimum absolute atomic E-state index is 0.143. The van der Waals surface area contributed by atoms with E-state index in [0.717, 1.165) is 30.3 Å². The molecule has 100 valence electrons. The third kappa shape index (κ3) is 3.35. The number of rotatable bonds is 3. The highest BCUT2D eigenvalue weighted by Gasteiger charge is 2.15. The second kappa shape index (κ2) is 5.74. The van der Waals surface area contributed by atoms with E-state index in [9.17, 15) is 17.6 Å². The number of halogens is 5. The van der Waals surface area contributed by atoms with Crippen molar-refractivity contribution >= 4 is 15.9 Å². The maximum atomic E-state index is 13.5. The summed E-state index contributed by atoms with van der Waals surface area (Å²) in [5, 5.41) is 0. The van der Waals surface area contributed by atoms with Crippen LogP contribution in [0, 0.1) is 23.3 Å². The largest absolute Gasteiger partial charge is 0.207 e. The van der Waals surface area contributed by atoms with Crippen LogP contribution in [0.15, 0.2) is 36.4 Å². The van der Waals surface area contributed by atoms with Crippen molar-refractivity contribution in [2.75, 3.05) is 0 Å². The van der Waals surface area contributed by atoms with Crippen LogP contribution in [-0.4, -0.2) is 0 Å². The van der Waals surface area contributed by atoms with Gasteiger partial charge < -0.3 is 0 Å². The molecule has 0 radical (unpaired) electrons. The molecule has 2 aromatic carbocycles. The van der Waals surface area contributed by atoms with Gasteiger partial charge in [-0.05, 0) is 42.3 Å². The molecule has 19 heavy (non-hydrogen) atoms. The topological polar surface area (TPSA) is 0 Å². The Labute approximate surface area is 116 Å². The van der Waals surface area contributed by atoms with Gasteiger partial charge in [-0.3, -0.25) is 0 Å². The fourth-order valence-electron chi connectivity index (χ4n) is 1.74. The zero-order valence-electron chi connectivity index (χ0n) is 9.64. The molecule has 2 rings (SSSR count). The van der Waals surface area contributed by atoms with Crippen LogP contribution in [0.2, 0.25) is 0 Å². The third-order valence-corrected chi connectivity index (χ3v) is 3.51. The normalized spacial score (nSPS) is 12.5. The van der Waals surface area contributed by atoms with Crippen LogP contribution in [-0.2, 0) is 6.42 Å². The fourth-order valence-corrected chi connectivity index (χ4v) is 2.46. The van der Waals surface area contributed by atoms with Gasteiger partial charge in [0.05, 0.1) is 0 Å². The van der Waals surface area contributed by atoms with Gasteiger partial charge in [0.25, 0.3) is 0 Å². The van der Waals surface area contributed by atoms with E-state index >= 15 is 0 Å². The Morgan fingerprint density at radius 1 is 0.842 bits per heavy atom. The van der Waals surface area contributed by atoms with Gasteiger partial charge in [-0.2, -0.15) is 0 Å². The van der Waals surface area contributed by atoms with Gasteiger partial charge in [-0.25, -0.2) is 17.6 Å². The van der Waals surface area contributed by atoms with Crippen LogP contribution in [0.4, 0.5) is 17.6 Å². The lowest BCUT2D eigenvalue weighted by Gasteiger charge is -2.11. The molecule has 1 unspecified atom stereocenters. The minimum atomic E-state index is -0.961. The van der Waals surface area contributed by atoms with E-state index in [-0.39, 0.29) is 12.0 Å². The summed E-state index contributed by atoms with van der Waals surface area (Å²) in [6.07, 6.45) is 0.220. The highest BCUT2D eigenvalue weighted by Crippen LogP contribution is 2.30. The molecule has 0 aromatic heterocycles. The smallest absolute Gasteiger partial charge is 0.159 e. The van der Waals surface area contributed by atoms with Crippen LogP contribution in [0.1, 0.15) is 16.0 Å². The predicted octanol–water partition coefficient (Wildman–Crippen LogP) is 4.92. The summed E-state index contributed by atoms with van der Waals surface area (Å²) >= 11 is 3.23. The van der Waals surface area contributed by atoms with E-state index < -0.39 is 28.1 Å². The molecule has 0 fully saturated rings. The first-order chi connectivity index (χ1) is 8.97. The molecule has 0 spiro atoms. The van der Waals surface area contributed by atoms with Crippen molar-refractivity contribution in [2.24, 2.45) is 0 Å². The Balaban J connectivity index is 2.22. The molecule has 0 amide bonds. The molecule has 0 saturated heterocycles. The molecule has 0 aliphatic carbocycles. The molecule has 0 N–H and O–H groups in total. The van der Waals surface area contributed by atoms with Crippen LogP contribution in [0.25, 0.3) is 0 Å². The summed E-state index contributed by atoms with van der Waals surface area (Å²) in [6, 6.07) is 6.59. The molecule has 0 saturated carbocycles. The molecular formula is C14H9BrF4. The summed E-state index contributed by atoms with van der Waals surface area (Å²) in [6.45, 7) is 0. The van der Waals surface area contributed by atoms with E-state index in [4.69, 9.17) is 0 Å². The molecule has 2 aromatic rings. The number of hydrogen-bond acceptors (Lipinski definition) is 0. The monoisotopic (exact) mass is 332 g/mol. The van der Waals surface area contributed by atoms with Crippen LogP contribution in [0.5, 0.6) is 0 Å². The van der Waals surface area contributed by atoms with Crippen LogP contribution < -0.4 is 0 Å². The quantitative estimate of drug-likeness (QED) is 0.552. The van der Waals surface area contributed by atoms with Crippen molar-refractivity contribution in [2.45, 2.75) is 11.2 Å². The zero-order valence-corrected chi connectivity index (χ0v) is 11.2. The van der Waals surface area contributed by atoms with E-state index in [2.05, 4.69) is 15.9 Å². The number of hydrogen-bond donors (Lipinski definition) is 0. The maximum absolute atomic E-state index is 13.5. The second-order valence-corrected chi connectivity index (χ2v) is 5.19. The van der Waals surface area contributed by atoms with Gasteiger partial charge >= 0.3 is 0 Å². The lowest BCUT2D eigenvalue weighted by Crippen LogP contribution is -2.00. The van der Waals surface area contributed by atoms with Gasteiger partial charge in [0.15, 0.2) is 11.6 Å². The molecule has 0 aliphatic rings. The Kier molecular flexibility index (Phi) is 4.24. The Hall–Kier alpha value is -1.36. The molecule has 5 heteroatoms. The van der Waals surface area contributed by atoms with Crippen LogP contribution >= 0.6 is 15.9 Å². The summed E-state index contributed by atoms with van der Waals surface area (Å²) in [5.41, 5.74) is 0.633. The summed E-state index contributed by atoms with van der Waals surface area (Å²) in [4.78, 5) is -0.520. The fraction of sp³-hybridized carbons (Fsp3) is 0.143. The van der Waals surface area contributed by atoms with Crippen molar-refractivity contribution < 1.29 is 17.6 Å². The highest BCUT2D eigenvalue weighted by atomic mass is 79.9. The lowest BCUT2D eigenvalue weighted by atomic mass is 10.0. The zero-order chi connectivity index (χ0) is 14.0. The van der Waals surface area contributed by atoms with E-state index in [1.165, 1.54) is 6.07 Å². The van der Waals surface area contributed by atoms with Crippen molar-refractivity contribution in [3.8, 4) is 0 Å². The first-order valence-electron chi connectivity index (χ1n) is 5.50. The van der Waals surface area contributed by atoms with Crippen molar-refractivity contribution in [3.63, 3.8) is 0 Å². The van der Waals surface area contributed by atoms with Crippen molar-refractivity contribution in [1.29, 1.82) is 0 Å². The highest BCUT2D eigenvalue weighted by molar-refractivity contribution is 9.09. The third-order valence-electron chi connectivity index (χ3n) is 2.69. The molecule has 0 heterocycles. The van der Waals surface area contributed by atoms with E-state index in [1.807, 2.05) is 0 Å². The standard InChI is InChI=1S/C14H9BrF4/c15-11(10-7-9(16)2-4-12(10)17)5-8-1-3-13(18)14(19)6-8/h1-4,6-7,11H,5H2. The Bertz CT molecular complexity index is 598. The number of alkyl halides is 1. The lowest BCUT2D eigenvalue weighted by molar-refractivity contribution is 0.507. The number of benzene rings is 2. The molecule has 0 nitrogen and oxygen atoms in total. The van der Waals surface area contributed by atoms with Gasteiger partial charge in [0.1, 0.15) is 11.6 Å². The Morgan fingerprint density at radius 2 is 1.53 bits per heavy atom. The van der Waals surface area contributed by atoms with Crippen molar-refractivity contribution in [1.82, 2.24) is 0 Å². The maximum Gasteiger partial charge on any atom is 0.159 e. The molecule has 0 aliphatic heterocycles. The van der Waals surface area contributed by atoms with Gasteiger partial charge in [-0.1, -0.05) is 22.0 Å². The SMILES string of the molecule is Fc1ccc(F)c(C(Br)Cc2ccc(F)c(F)c2)c1. The van der Waals surface area contributed by atoms with Gasteiger partial charge in [0, 0.05) is 10.4 Å². The molecule has 0 bridgehead atoms. The summed E-state index contributed by atoms with van der Waals surface area (Å²) in [7, 11) is 0.